The summed E-state index contributed by atoms with van der Waals surface area (Å²) in [4.78, 5) is 10.4. The number of hydrogen-bond donors (Lipinski definition) is 0. The molecule has 0 heterocycles. The summed E-state index contributed by atoms with van der Waals surface area (Å²) in [6, 6.07) is 12.3. The fourth-order valence-electron chi connectivity index (χ4n) is 1.90. The molecule has 0 unspecified atom stereocenters. The Kier molecular flexibility index (Phi) is 4.77. The van der Waals surface area contributed by atoms with E-state index in [1.54, 1.807) is 18.2 Å². The lowest BCUT2D eigenvalue weighted by molar-refractivity contribution is -0.385. The number of nitro groups is 1. The lowest BCUT2D eigenvalue weighted by Crippen LogP contribution is -2.10. The van der Waals surface area contributed by atoms with Crippen LogP contribution in [0.4, 0.5) is 5.69 Å². The van der Waals surface area contributed by atoms with Crippen molar-refractivity contribution in [3.63, 3.8) is 0 Å². The number of nitrogens with zero attached hydrogens (tertiary/aromatic N) is 1. The van der Waals surface area contributed by atoms with Crippen LogP contribution in [0.1, 0.15) is 11.1 Å². The molecule has 5 heteroatoms. The molecule has 0 bridgehead atoms. The van der Waals surface area contributed by atoms with E-state index in [9.17, 15) is 10.1 Å². The Hall–Kier alpha value is -2.56. The molecule has 21 heavy (non-hydrogen) atoms. The van der Waals surface area contributed by atoms with Gasteiger partial charge in [-0.15, -0.1) is 0 Å². The summed E-state index contributed by atoms with van der Waals surface area (Å²) in [7, 11) is 0. The van der Waals surface area contributed by atoms with Gasteiger partial charge >= 0.3 is 5.69 Å². The van der Waals surface area contributed by atoms with Crippen molar-refractivity contribution in [1.82, 2.24) is 0 Å². The molecule has 0 spiro atoms. The maximum atomic E-state index is 10.9. The lowest BCUT2D eigenvalue weighted by atomic mass is 10.1. The SMILES string of the molecule is Cc1ccc(C)c(OCCOc2ccccc2[N+](=O)[O-])c1. The Morgan fingerprint density at radius 2 is 1.67 bits per heavy atom. The van der Waals surface area contributed by atoms with Crippen molar-refractivity contribution < 1.29 is 14.4 Å². The Labute approximate surface area is 123 Å². The summed E-state index contributed by atoms with van der Waals surface area (Å²) in [6.45, 7) is 4.54. The van der Waals surface area contributed by atoms with Crippen LogP contribution in [-0.2, 0) is 0 Å². The number of aryl methyl sites for hydroxylation is 2. The maximum Gasteiger partial charge on any atom is 0.310 e. The predicted molar refractivity (Wildman–Crippen MR) is 80.0 cm³/mol. The normalized spacial score (nSPS) is 10.2. The highest BCUT2D eigenvalue weighted by Crippen LogP contribution is 2.25. The van der Waals surface area contributed by atoms with Crippen LogP contribution >= 0.6 is 0 Å². The van der Waals surface area contributed by atoms with Crippen LogP contribution in [-0.4, -0.2) is 18.1 Å². The Morgan fingerprint density at radius 1 is 1.00 bits per heavy atom. The van der Waals surface area contributed by atoms with Crippen molar-refractivity contribution in [2.75, 3.05) is 13.2 Å². The second-order valence-corrected chi connectivity index (χ2v) is 4.69. The molecule has 5 nitrogen and oxygen atoms in total. The molecule has 0 aliphatic carbocycles. The second-order valence-electron chi connectivity index (χ2n) is 4.69. The van der Waals surface area contributed by atoms with Gasteiger partial charge in [-0.25, -0.2) is 0 Å². The van der Waals surface area contributed by atoms with E-state index in [0.717, 1.165) is 16.9 Å². The molecule has 0 fully saturated rings. The third-order valence-electron chi connectivity index (χ3n) is 3.00. The van der Waals surface area contributed by atoms with Crippen molar-refractivity contribution in [3.05, 3.63) is 63.7 Å². The molecule has 0 saturated carbocycles. The summed E-state index contributed by atoms with van der Waals surface area (Å²) in [5.74, 6) is 1.06. The van der Waals surface area contributed by atoms with Gasteiger partial charge in [0.2, 0.25) is 0 Å². The highest BCUT2D eigenvalue weighted by molar-refractivity contribution is 5.45. The van der Waals surface area contributed by atoms with Crippen molar-refractivity contribution in [2.45, 2.75) is 13.8 Å². The minimum atomic E-state index is -0.457. The van der Waals surface area contributed by atoms with E-state index < -0.39 is 4.92 Å². The molecular weight excluding hydrogens is 270 g/mol. The quantitative estimate of drug-likeness (QED) is 0.462. The van der Waals surface area contributed by atoms with Crippen molar-refractivity contribution in [2.24, 2.45) is 0 Å². The van der Waals surface area contributed by atoms with Gasteiger partial charge in [0.25, 0.3) is 0 Å². The second kappa shape index (κ2) is 6.74. The molecule has 0 aliphatic rings. The number of ether oxygens (including phenoxy) is 2. The van der Waals surface area contributed by atoms with Crippen LogP contribution in [0.15, 0.2) is 42.5 Å². The van der Waals surface area contributed by atoms with Crippen LogP contribution in [0.25, 0.3) is 0 Å². The van der Waals surface area contributed by atoms with E-state index >= 15 is 0 Å². The molecule has 110 valence electrons. The van der Waals surface area contributed by atoms with Crippen LogP contribution in [0.5, 0.6) is 11.5 Å². The van der Waals surface area contributed by atoms with E-state index in [4.69, 9.17) is 9.47 Å². The molecule has 0 saturated heterocycles. The molecule has 0 aromatic heterocycles. The summed E-state index contributed by atoms with van der Waals surface area (Å²) in [5, 5.41) is 10.9. The summed E-state index contributed by atoms with van der Waals surface area (Å²) < 4.78 is 11.1. The van der Waals surface area contributed by atoms with Gasteiger partial charge in [-0.1, -0.05) is 24.3 Å². The van der Waals surface area contributed by atoms with Gasteiger partial charge in [0.05, 0.1) is 4.92 Å². The highest BCUT2D eigenvalue weighted by Gasteiger charge is 2.13. The van der Waals surface area contributed by atoms with Gasteiger partial charge in [0.15, 0.2) is 5.75 Å². The first-order valence-electron chi connectivity index (χ1n) is 6.64. The topological polar surface area (TPSA) is 61.6 Å². The van der Waals surface area contributed by atoms with Crippen molar-refractivity contribution in [1.29, 1.82) is 0 Å². The van der Waals surface area contributed by atoms with E-state index in [1.165, 1.54) is 6.07 Å². The monoisotopic (exact) mass is 287 g/mol. The van der Waals surface area contributed by atoms with E-state index in [1.807, 2.05) is 32.0 Å². The van der Waals surface area contributed by atoms with Gasteiger partial charge in [0.1, 0.15) is 19.0 Å². The number of hydrogen-bond acceptors (Lipinski definition) is 4. The van der Waals surface area contributed by atoms with Gasteiger partial charge in [0, 0.05) is 6.07 Å². The number of para-hydroxylation sites is 2. The summed E-state index contributed by atoms with van der Waals surface area (Å²) >= 11 is 0. The number of nitro benzene ring substituents is 1. The number of rotatable bonds is 6. The van der Waals surface area contributed by atoms with Gasteiger partial charge in [-0.2, -0.15) is 0 Å². The largest absolute Gasteiger partial charge is 0.490 e. The van der Waals surface area contributed by atoms with Crippen LogP contribution in [0.3, 0.4) is 0 Å². The Bertz CT molecular complexity index is 640. The Balaban J connectivity index is 1.91. The average molecular weight is 287 g/mol. The Morgan fingerprint density at radius 3 is 2.38 bits per heavy atom. The number of benzene rings is 2. The van der Waals surface area contributed by atoms with E-state index in [2.05, 4.69) is 0 Å². The molecule has 2 aromatic rings. The molecule has 0 radical (unpaired) electrons. The molecule has 0 amide bonds. The van der Waals surface area contributed by atoms with Crippen molar-refractivity contribution >= 4 is 5.69 Å². The van der Waals surface area contributed by atoms with Crippen molar-refractivity contribution in [3.8, 4) is 11.5 Å². The summed E-state index contributed by atoms with van der Waals surface area (Å²) in [6.07, 6.45) is 0. The smallest absolute Gasteiger partial charge is 0.310 e. The minimum absolute atomic E-state index is 0.0377. The first kappa shape index (κ1) is 14.8. The van der Waals surface area contributed by atoms with Crippen LogP contribution < -0.4 is 9.47 Å². The molecule has 0 aliphatic heterocycles. The van der Waals surface area contributed by atoms with Crippen LogP contribution in [0.2, 0.25) is 0 Å². The zero-order valence-electron chi connectivity index (χ0n) is 12.0. The molecular formula is C16H17NO4. The van der Waals surface area contributed by atoms with Gasteiger partial charge in [-0.3, -0.25) is 10.1 Å². The van der Waals surface area contributed by atoms with E-state index in [0.29, 0.717) is 6.61 Å². The third kappa shape index (κ3) is 3.95. The van der Waals surface area contributed by atoms with E-state index in [-0.39, 0.29) is 18.0 Å². The predicted octanol–water partition coefficient (Wildman–Crippen LogP) is 3.67. The fourth-order valence-corrected chi connectivity index (χ4v) is 1.90. The lowest BCUT2D eigenvalue weighted by Gasteiger charge is -2.11. The van der Waals surface area contributed by atoms with Gasteiger partial charge < -0.3 is 9.47 Å². The average Bonchev–Trinajstić information content (AvgIpc) is 2.47. The maximum absolute atomic E-state index is 10.9. The first-order chi connectivity index (χ1) is 10.1. The first-order valence-corrected chi connectivity index (χ1v) is 6.64. The standard InChI is InChI=1S/C16H17NO4/c1-12-7-8-13(2)16(11-12)21-10-9-20-15-6-4-3-5-14(15)17(18)19/h3-8,11H,9-10H2,1-2H3. The van der Waals surface area contributed by atoms with Gasteiger partial charge in [-0.05, 0) is 37.1 Å². The van der Waals surface area contributed by atoms with Crippen LogP contribution in [0, 0.1) is 24.0 Å². The molecule has 0 N–H and O–H groups in total. The third-order valence-corrected chi connectivity index (χ3v) is 3.00. The highest BCUT2D eigenvalue weighted by atomic mass is 16.6. The fraction of sp³-hybridized carbons (Fsp3) is 0.250. The minimum Gasteiger partial charge on any atom is -0.490 e. The molecule has 2 rings (SSSR count). The zero-order valence-corrected chi connectivity index (χ0v) is 12.0. The summed E-state index contributed by atoms with van der Waals surface area (Å²) in [5.41, 5.74) is 2.13. The zero-order chi connectivity index (χ0) is 15.2. The molecule has 2 aromatic carbocycles. The molecule has 0 atom stereocenters.